The van der Waals surface area contributed by atoms with Crippen LogP contribution >= 0.6 is 0 Å². The van der Waals surface area contributed by atoms with Gasteiger partial charge >= 0.3 is 0 Å². The fraction of sp³-hybridized carbons (Fsp3) is 0.170. The normalized spacial score (nSPS) is 11.5. The van der Waals surface area contributed by atoms with Gasteiger partial charge in [0.15, 0.2) is 5.82 Å². The number of unbranched alkanes of at least 4 members (excludes halogenated alkanes) is 1. The molecule has 8 rings (SSSR count). The molecule has 0 aliphatic carbocycles. The lowest BCUT2D eigenvalue weighted by molar-refractivity contribution is 0.451. The number of aryl methyl sites for hydroxylation is 3. The number of hydrogen-bond acceptors (Lipinski definition) is 5. The van der Waals surface area contributed by atoms with E-state index in [1.165, 1.54) is 11.1 Å². The van der Waals surface area contributed by atoms with Crippen molar-refractivity contribution in [1.29, 1.82) is 0 Å². The van der Waals surface area contributed by atoms with Gasteiger partial charge < -0.3 is 4.57 Å². The lowest BCUT2D eigenvalue weighted by atomic mass is 9.77. The largest absolute Gasteiger partial charge is 0.330 e. The number of rotatable bonds is 12. The van der Waals surface area contributed by atoms with Crippen LogP contribution in [-0.2, 0) is 18.5 Å². The van der Waals surface area contributed by atoms with Crippen LogP contribution in [0.5, 0.6) is 0 Å². The van der Waals surface area contributed by atoms with Gasteiger partial charge in [-0.25, -0.2) is 9.67 Å². The summed E-state index contributed by atoms with van der Waals surface area (Å²) in [5.74, 6) is 1.77. The third-order valence-corrected chi connectivity index (χ3v) is 10.1. The van der Waals surface area contributed by atoms with E-state index in [-0.39, 0.29) is 0 Å². The Kier molecular flexibility index (Phi) is 9.77. The van der Waals surface area contributed by atoms with E-state index in [9.17, 15) is 0 Å². The molecule has 0 spiro atoms. The van der Waals surface area contributed by atoms with E-state index < -0.39 is 5.54 Å². The molecule has 3 aromatic heterocycles. The van der Waals surface area contributed by atoms with Crippen LogP contribution in [0.3, 0.4) is 0 Å². The average Bonchev–Trinajstić information content (AvgIpc) is 3.87. The van der Waals surface area contributed by atoms with E-state index >= 15 is 0 Å². The lowest BCUT2D eigenvalue weighted by Crippen LogP contribution is -2.39. The highest BCUT2D eigenvalue weighted by atomic mass is 15.6. The molecule has 0 amide bonds. The second-order valence-corrected chi connectivity index (χ2v) is 13.9. The zero-order chi connectivity index (χ0) is 36.9. The van der Waals surface area contributed by atoms with Crippen molar-refractivity contribution in [2.24, 2.45) is 0 Å². The summed E-state index contributed by atoms with van der Waals surface area (Å²) in [6.45, 7) is 7.10. The Morgan fingerprint density at radius 3 is 1.80 bits per heavy atom. The fourth-order valence-corrected chi connectivity index (χ4v) is 7.62. The Balaban J connectivity index is 1.19. The summed E-state index contributed by atoms with van der Waals surface area (Å²) in [6.07, 6.45) is 5.29. The second kappa shape index (κ2) is 15.2. The van der Waals surface area contributed by atoms with Crippen molar-refractivity contribution in [3.8, 4) is 33.9 Å². The number of aromatic nitrogens is 7. The summed E-state index contributed by atoms with van der Waals surface area (Å²) < 4.78 is 4.29. The van der Waals surface area contributed by atoms with Gasteiger partial charge in [-0.05, 0) is 81.8 Å². The highest BCUT2D eigenvalue weighted by Crippen LogP contribution is 2.43. The number of imidazole rings is 1. The van der Waals surface area contributed by atoms with E-state index in [1.54, 1.807) is 0 Å². The van der Waals surface area contributed by atoms with Gasteiger partial charge in [0.05, 0.1) is 5.69 Å². The van der Waals surface area contributed by atoms with Crippen molar-refractivity contribution in [3.05, 3.63) is 197 Å². The molecule has 0 unspecified atom stereocenters. The van der Waals surface area contributed by atoms with Gasteiger partial charge in [-0.15, -0.1) is 5.10 Å². The Labute approximate surface area is 317 Å². The van der Waals surface area contributed by atoms with Gasteiger partial charge in [0.25, 0.3) is 0 Å². The Morgan fingerprint density at radius 1 is 0.611 bits per heavy atom. The van der Waals surface area contributed by atoms with Crippen LogP contribution < -0.4 is 0 Å². The predicted octanol–water partition coefficient (Wildman–Crippen LogP) is 10.1. The van der Waals surface area contributed by atoms with Crippen molar-refractivity contribution in [1.82, 2.24) is 34.7 Å². The second-order valence-electron chi connectivity index (χ2n) is 13.9. The molecule has 0 aliphatic heterocycles. The number of benzene rings is 5. The van der Waals surface area contributed by atoms with Crippen LogP contribution in [0.1, 0.15) is 59.1 Å². The maximum absolute atomic E-state index is 5.07. The van der Waals surface area contributed by atoms with Gasteiger partial charge in [0.1, 0.15) is 17.1 Å². The highest BCUT2D eigenvalue weighted by molar-refractivity contribution is 5.81. The average molecular weight is 706 g/mol. The minimum Gasteiger partial charge on any atom is -0.330 e. The maximum atomic E-state index is 5.07. The van der Waals surface area contributed by atoms with E-state index in [0.717, 1.165) is 82.1 Å². The number of tetrazole rings is 1. The molecule has 0 aliphatic rings. The quantitative estimate of drug-likeness (QED) is 0.118. The van der Waals surface area contributed by atoms with Crippen LogP contribution in [0.15, 0.2) is 158 Å². The zero-order valence-electron chi connectivity index (χ0n) is 31.0. The van der Waals surface area contributed by atoms with Crippen LogP contribution in [-0.4, -0.2) is 34.7 Å². The van der Waals surface area contributed by atoms with Crippen molar-refractivity contribution in [3.63, 3.8) is 0 Å². The van der Waals surface area contributed by atoms with E-state index in [4.69, 9.17) is 20.3 Å². The Morgan fingerprint density at radius 2 is 1.20 bits per heavy atom. The smallest absolute Gasteiger partial charge is 0.184 e. The van der Waals surface area contributed by atoms with Crippen LogP contribution in [0.4, 0.5) is 0 Å². The molecule has 0 atom stereocenters. The monoisotopic (exact) mass is 705 g/mol. The Bertz CT molecular complexity index is 2350. The summed E-state index contributed by atoms with van der Waals surface area (Å²) in [4.78, 5) is 9.88. The minimum absolute atomic E-state index is 0.678. The summed E-state index contributed by atoms with van der Waals surface area (Å²) in [5.41, 5.74) is 10.7. The first-order valence-corrected chi connectivity index (χ1v) is 18.7. The van der Waals surface area contributed by atoms with Crippen molar-refractivity contribution in [2.75, 3.05) is 0 Å². The van der Waals surface area contributed by atoms with Crippen LogP contribution in [0.2, 0.25) is 0 Å². The third-order valence-electron chi connectivity index (χ3n) is 10.1. The zero-order valence-corrected chi connectivity index (χ0v) is 31.0. The van der Waals surface area contributed by atoms with Gasteiger partial charge in [-0.3, -0.25) is 4.98 Å². The van der Waals surface area contributed by atoms with Crippen molar-refractivity contribution >= 4 is 0 Å². The first kappa shape index (κ1) is 34.6. The molecule has 266 valence electrons. The Hall–Kier alpha value is -6.47. The highest BCUT2D eigenvalue weighted by Gasteiger charge is 2.42. The van der Waals surface area contributed by atoms with E-state index in [0.29, 0.717) is 5.82 Å². The molecule has 0 N–H and O–H groups in total. The molecule has 8 aromatic rings. The standard InChI is InChI=1S/C47H43N7/c1-4-5-25-45-49-44(43-31-34(2)30-35(3)48-43)33-53(45)32-36-26-28-37(29-27-36)41-23-15-16-24-42(41)46-50-51-52-54(46)47(38-17-9-6-10-18-38,39-19-11-7-12-20-39)40-21-13-8-14-22-40/h6-24,26-31,33H,4-5,25,32H2,1-3H3. The summed E-state index contributed by atoms with van der Waals surface area (Å²) in [5, 5.41) is 13.9. The predicted molar refractivity (Wildman–Crippen MR) is 216 cm³/mol. The molecular formula is C47H43N7. The molecule has 7 nitrogen and oxygen atoms in total. The summed E-state index contributed by atoms with van der Waals surface area (Å²) in [6, 6.07) is 53.0. The molecule has 0 bridgehead atoms. The van der Waals surface area contributed by atoms with Crippen LogP contribution in [0, 0.1) is 13.8 Å². The van der Waals surface area contributed by atoms with Gasteiger partial charge in [0.2, 0.25) is 0 Å². The maximum Gasteiger partial charge on any atom is 0.184 e. The first-order valence-electron chi connectivity index (χ1n) is 18.7. The van der Waals surface area contributed by atoms with Crippen LogP contribution in [0.25, 0.3) is 33.9 Å². The lowest BCUT2D eigenvalue weighted by Gasteiger charge is -2.36. The number of hydrogen-bond donors (Lipinski definition) is 0. The first-order chi connectivity index (χ1) is 26.5. The fourth-order valence-electron chi connectivity index (χ4n) is 7.62. The van der Waals surface area contributed by atoms with Gasteiger partial charge in [0, 0.05) is 30.4 Å². The topological polar surface area (TPSA) is 74.3 Å². The van der Waals surface area contributed by atoms with Crippen molar-refractivity contribution < 1.29 is 0 Å². The molecule has 0 saturated heterocycles. The number of nitrogens with zero attached hydrogens (tertiary/aromatic N) is 7. The molecular weight excluding hydrogens is 663 g/mol. The molecule has 3 heterocycles. The molecule has 0 radical (unpaired) electrons. The van der Waals surface area contributed by atoms with Gasteiger partial charge in [-0.2, -0.15) is 0 Å². The summed E-state index contributed by atoms with van der Waals surface area (Å²) in [7, 11) is 0. The molecule has 0 fully saturated rings. The van der Waals surface area contributed by atoms with E-state index in [2.05, 4.69) is 163 Å². The van der Waals surface area contributed by atoms with Crippen molar-refractivity contribution in [2.45, 2.75) is 52.1 Å². The molecule has 0 saturated carbocycles. The van der Waals surface area contributed by atoms with E-state index in [1.807, 2.05) is 29.8 Å². The number of pyridine rings is 1. The van der Waals surface area contributed by atoms with Gasteiger partial charge in [-0.1, -0.05) is 153 Å². The SMILES string of the molecule is CCCCc1nc(-c2cc(C)cc(C)n2)cn1Cc1ccc(-c2ccccc2-c2nnnn2C(c2ccccc2)(c2ccccc2)c2ccccc2)cc1. The minimum atomic E-state index is -0.842. The molecule has 54 heavy (non-hydrogen) atoms. The molecule has 5 aromatic carbocycles. The summed E-state index contributed by atoms with van der Waals surface area (Å²) >= 11 is 0. The third kappa shape index (κ3) is 6.65. The molecule has 7 heteroatoms.